The number of hydrogen-bond acceptors (Lipinski definition) is 6. The average Bonchev–Trinajstić information content (AvgIpc) is 2.89. The largest absolute Gasteiger partial charge is 0.497 e. The molecule has 0 saturated heterocycles. The number of benzene rings is 1. The van der Waals surface area contributed by atoms with Crippen LogP contribution in [0.1, 0.15) is 36.6 Å². The summed E-state index contributed by atoms with van der Waals surface area (Å²) in [4.78, 5) is 20.6. The summed E-state index contributed by atoms with van der Waals surface area (Å²) in [6.45, 7) is 1.82. The fraction of sp³-hybridized carbons (Fsp3) is 0.381. The second-order valence-corrected chi connectivity index (χ2v) is 9.26. The molecule has 0 saturated carbocycles. The smallest absolute Gasteiger partial charge is 0.267 e. The van der Waals surface area contributed by atoms with Gasteiger partial charge in [0, 0.05) is 4.88 Å². The van der Waals surface area contributed by atoms with Crippen LogP contribution in [0.15, 0.2) is 34.2 Å². The van der Waals surface area contributed by atoms with Gasteiger partial charge in [0.05, 0.1) is 29.5 Å². The lowest BCUT2D eigenvalue weighted by Crippen LogP contribution is -2.22. The van der Waals surface area contributed by atoms with Gasteiger partial charge in [0.25, 0.3) is 5.56 Å². The summed E-state index contributed by atoms with van der Waals surface area (Å²) in [7, 11) is 1.62. The maximum absolute atomic E-state index is 13.6. The third-order valence-corrected chi connectivity index (χ3v) is 7.13. The van der Waals surface area contributed by atoms with Crippen LogP contribution in [0.5, 0.6) is 5.75 Å². The van der Waals surface area contributed by atoms with E-state index in [2.05, 4.69) is 6.07 Å². The molecule has 1 aliphatic carbocycles. The second-order valence-electron chi connectivity index (χ2n) is 6.87. The van der Waals surface area contributed by atoms with Crippen LogP contribution in [-0.4, -0.2) is 21.9 Å². The number of ether oxygens (including phenoxy) is 1. The summed E-state index contributed by atoms with van der Waals surface area (Å²) in [5.41, 5.74) is 1.88. The van der Waals surface area contributed by atoms with Gasteiger partial charge in [0.2, 0.25) is 0 Å². The van der Waals surface area contributed by atoms with Crippen LogP contribution >= 0.6 is 23.1 Å². The number of nitrogens with zero attached hydrogens (tertiary/aromatic N) is 3. The lowest BCUT2D eigenvalue weighted by Gasteiger charge is -2.13. The van der Waals surface area contributed by atoms with Crippen LogP contribution in [0, 0.1) is 11.3 Å². The molecule has 0 radical (unpaired) electrons. The molecule has 0 aliphatic heterocycles. The molecule has 1 aliphatic rings. The van der Waals surface area contributed by atoms with Crippen molar-refractivity contribution < 1.29 is 4.74 Å². The van der Waals surface area contributed by atoms with Crippen molar-refractivity contribution in [2.24, 2.45) is 0 Å². The van der Waals surface area contributed by atoms with E-state index in [1.54, 1.807) is 23.0 Å². The van der Waals surface area contributed by atoms with Crippen LogP contribution < -0.4 is 10.3 Å². The van der Waals surface area contributed by atoms with E-state index in [4.69, 9.17) is 9.72 Å². The number of rotatable bonds is 4. The zero-order chi connectivity index (χ0) is 19.7. The molecule has 2 aromatic heterocycles. The number of fused-ring (bicyclic) bond motifs is 3. The first kappa shape index (κ1) is 19.0. The summed E-state index contributed by atoms with van der Waals surface area (Å²) >= 11 is 2.97. The quantitative estimate of drug-likeness (QED) is 0.353. The van der Waals surface area contributed by atoms with Gasteiger partial charge in [-0.2, -0.15) is 5.26 Å². The number of thioether (sulfide) groups is 1. The molecule has 1 aromatic carbocycles. The molecule has 0 bridgehead atoms. The normalized spacial score (nSPS) is 14.9. The van der Waals surface area contributed by atoms with E-state index >= 15 is 0 Å². The molecule has 0 fully saturated rings. The molecule has 0 spiro atoms. The molecule has 0 N–H and O–H groups in total. The Hall–Kier alpha value is -2.30. The summed E-state index contributed by atoms with van der Waals surface area (Å²) in [5, 5.41) is 10.3. The predicted octanol–water partition coefficient (Wildman–Crippen LogP) is 4.73. The standard InChI is InChI=1S/C21H21N3O2S2/c1-13(12-22)27-21-23-19-18(16-6-4-3-5-7-17(16)28-19)20(25)24(21)14-8-10-15(26-2)11-9-14/h8-11,13H,3-7H2,1-2H3. The highest BCUT2D eigenvalue weighted by atomic mass is 32.2. The van der Waals surface area contributed by atoms with E-state index in [1.165, 1.54) is 35.0 Å². The third-order valence-electron chi connectivity index (χ3n) is 5.00. The second kappa shape index (κ2) is 7.98. The van der Waals surface area contributed by atoms with E-state index in [1.807, 2.05) is 31.2 Å². The number of methoxy groups -OCH3 is 1. The van der Waals surface area contributed by atoms with E-state index in [0.717, 1.165) is 40.9 Å². The topological polar surface area (TPSA) is 67.9 Å². The highest BCUT2D eigenvalue weighted by Crippen LogP contribution is 2.35. The molecule has 2 heterocycles. The third kappa shape index (κ3) is 3.43. The van der Waals surface area contributed by atoms with Crippen molar-refractivity contribution in [1.29, 1.82) is 5.26 Å². The van der Waals surface area contributed by atoms with Crippen molar-refractivity contribution in [3.63, 3.8) is 0 Å². The molecule has 144 valence electrons. The minimum absolute atomic E-state index is 0.0396. The van der Waals surface area contributed by atoms with Crippen molar-refractivity contribution in [3.05, 3.63) is 45.1 Å². The minimum Gasteiger partial charge on any atom is -0.497 e. The van der Waals surface area contributed by atoms with Crippen molar-refractivity contribution >= 4 is 33.3 Å². The van der Waals surface area contributed by atoms with Gasteiger partial charge in [0.15, 0.2) is 5.16 Å². The Bertz CT molecular complexity index is 1110. The molecule has 3 aromatic rings. The van der Waals surface area contributed by atoms with Gasteiger partial charge in [-0.15, -0.1) is 11.3 Å². The number of hydrogen-bond donors (Lipinski definition) is 0. The summed E-state index contributed by atoms with van der Waals surface area (Å²) in [5.74, 6) is 0.731. The highest BCUT2D eigenvalue weighted by molar-refractivity contribution is 8.00. The van der Waals surface area contributed by atoms with Crippen molar-refractivity contribution in [2.45, 2.75) is 49.4 Å². The zero-order valence-electron chi connectivity index (χ0n) is 15.9. The van der Waals surface area contributed by atoms with E-state index in [-0.39, 0.29) is 10.8 Å². The number of aromatic nitrogens is 2. The first-order valence-electron chi connectivity index (χ1n) is 9.40. The van der Waals surface area contributed by atoms with Crippen molar-refractivity contribution in [1.82, 2.24) is 9.55 Å². The van der Waals surface area contributed by atoms with E-state index < -0.39 is 0 Å². The molecule has 4 rings (SSSR count). The molecule has 1 unspecified atom stereocenters. The average molecular weight is 412 g/mol. The van der Waals surface area contributed by atoms with Gasteiger partial charge in [-0.3, -0.25) is 9.36 Å². The summed E-state index contributed by atoms with van der Waals surface area (Å²) < 4.78 is 6.89. The molecule has 28 heavy (non-hydrogen) atoms. The molecule has 0 amide bonds. The lowest BCUT2D eigenvalue weighted by molar-refractivity contribution is 0.414. The SMILES string of the molecule is COc1ccc(-n2c(SC(C)C#N)nc3sc4c(c3c2=O)CCCCC4)cc1. The number of thiophene rings is 1. The van der Waals surface area contributed by atoms with Crippen molar-refractivity contribution in [2.75, 3.05) is 7.11 Å². The Kier molecular flexibility index (Phi) is 5.42. The molecule has 7 heteroatoms. The maximum atomic E-state index is 13.6. The fourth-order valence-electron chi connectivity index (χ4n) is 3.59. The summed E-state index contributed by atoms with van der Waals surface area (Å²) in [6.07, 6.45) is 5.45. The van der Waals surface area contributed by atoms with Crippen LogP contribution in [0.3, 0.4) is 0 Å². The highest BCUT2D eigenvalue weighted by Gasteiger charge is 2.23. The Balaban J connectivity index is 1.97. The molecule has 5 nitrogen and oxygen atoms in total. The predicted molar refractivity (Wildman–Crippen MR) is 114 cm³/mol. The van der Waals surface area contributed by atoms with Gasteiger partial charge in [-0.25, -0.2) is 4.98 Å². The Morgan fingerprint density at radius 2 is 2.00 bits per heavy atom. The van der Waals surface area contributed by atoms with Gasteiger partial charge < -0.3 is 4.74 Å². The number of nitriles is 1. The van der Waals surface area contributed by atoms with Gasteiger partial charge >= 0.3 is 0 Å². The van der Waals surface area contributed by atoms with Crippen LogP contribution in [0.4, 0.5) is 0 Å². The first-order valence-corrected chi connectivity index (χ1v) is 11.1. The van der Waals surface area contributed by atoms with Crippen LogP contribution in [0.25, 0.3) is 15.9 Å². The van der Waals surface area contributed by atoms with Gasteiger partial charge in [0.1, 0.15) is 10.6 Å². The molecular weight excluding hydrogens is 390 g/mol. The lowest BCUT2D eigenvalue weighted by atomic mass is 10.1. The Morgan fingerprint density at radius 3 is 2.71 bits per heavy atom. The molecule has 1 atom stereocenters. The van der Waals surface area contributed by atoms with Crippen LogP contribution in [0.2, 0.25) is 0 Å². The van der Waals surface area contributed by atoms with E-state index in [0.29, 0.717) is 5.16 Å². The zero-order valence-corrected chi connectivity index (χ0v) is 17.5. The van der Waals surface area contributed by atoms with E-state index in [9.17, 15) is 10.1 Å². The fourth-order valence-corrected chi connectivity index (χ4v) is 5.70. The number of aryl methyl sites for hydroxylation is 2. The Labute approximate surface area is 172 Å². The monoisotopic (exact) mass is 411 g/mol. The Morgan fingerprint density at radius 1 is 1.25 bits per heavy atom. The van der Waals surface area contributed by atoms with Crippen LogP contribution in [-0.2, 0) is 12.8 Å². The first-order chi connectivity index (χ1) is 13.6. The van der Waals surface area contributed by atoms with Gasteiger partial charge in [-0.05, 0) is 62.4 Å². The van der Waals surface area contributed by atoms with Gasteiger partial charge in [-0.1, -0.05) is 18.2 Å². The maximum Gasteiger partial charge on any atom is 0.267 e. The summed E-state index contributed by atoms with van der Waals surface area (Å²) in [6, 6.07) is 9.62. The minimum atomic E-state index is -0.299. The molecular formula is C21H21N3O2S2. The van der Waals surface area contributed by atoms with Crippen molar-refractivity contribution in [3.8, 4) is 17.5 Å².